The number of nitrogens with one attached hydrogen (secondary N) is 1. The third kappa shape index (κ3) is 5.14. The highest BCUT2D eigenvalue weighted by atomic mass is 79.9. The molecule has 1 aromatic heterocycles. The van der Waals surface area contributed by atoms with Crippen LogP contribution in [0.4, 0.5) is 10.1 Å². The van der Waals surface area contributed by atoms with Gasteiger partial charge >= 0.3 is 0 Å². The number of carbonyl (C=O) groups is 1. The number of carbonyl (C=O) groups excluding carboxylic acids is 1. The molecule has 1 N–H and O–H groups in total. The molecule has 1 aliphatic heterocycles. The molecule has 0 spiro atoms. The Labute approximate surface area is 190 Å². The summed E-state index contributed by atoms with van der Waals surface area (Å²) in [5.41, 5.74) is 1.10. The maximum atomic E-state index is 13.9. The second kappa shape index (κ2) is 9.36. The summed E-state index contributed by atoms with van der Waals surface area (Å²) in [7, 11) is 0. The number of hydrogen-bond acceptors (Lipinski definition) is 5. The number of piperidine rings is 1. The largest absolute Gasteiger partial charge is 0.338 e. The number of hydrogen-bond donors (Lipinski definition) is 1. The second-order valence-corrected chi connectivity index (χ2v) is 9.01. The zero-order chi connectivity index (χ0) is 21.1. The van der Waals surface area contributed by atoms with Crippen molar-refractivity contribution in [3.05, 3.63) is 63.1 Å². The monoisotopic (exact) mass is 536 g/mol. The highest BCUT2D eigenvalue weighted by Gasteiger charge is 2.26. The molecule has 1 fully saturated rings. The van der Waals surface area contributed by atoms with Crippen molar-refractivity contribution < 1.29 is 13.7 Å². The summed E-state index contributed by atoms with van der Waals surface area (Å²) in [4.78, 5) is 19.2. The van der Waals surface area contributed by atoms with Crippen LogP contribution in [0.5, 0.6) is 0 Å². The van der Waals surface area contributed by atoms with Gasteiger partial charge in [0.1, 0.15) is 5.82 Å². The first-order valence-electron chi connectivity index (χ1n) is 9.55. The molecule has 30 heavy (non-hydrogen) atoms. The van der Waals surface area contributed by atoms with Gasteiger partial charge in [-0.3, -0.25) is 9.69 Å². The zero-order valence-corrected chi connectivity index (χ0v) is 19.1. The van der Waals surface area contributed by atoms with E-state index >= 15 is 0 Å². The molecule has 0 atom stereocenters. The molecule has 2 heterocycles. The minimum Gasteiger partial charge on any atom is -0.338 e. The molecular formula is C21H19Br2FN4O2. The molecule has 0 unspecified atom stereocenters. The third-order valence-electron chi connectivity index (χ3n) is 5.08. The summed E-state index contributed by atoms with van der Waals surface area (Å²) in [5, 5.41) is 6.75. The summed E-state index contributed by atoms with van der Waals surface area (Å²) >= 11 is 6.62. The summed E-state index contributed by atoms with van der Waals surface area (Å²) in [5.74, 6) is 0.362. The predicted molar refractivity (Wildman–Crippen MR) is 118 cm³/mol. The van der Waals surface area contributed by atoms with Crippen LogP contribution < -0.4 is 5.32 Å². The molecule has 6 nitrogen and oxygen atoms in total. The fraction of sp³-hybridized carbons (Fsp3) is 0.286. The van der Waals surface area contributed by atoms with Gasteiger partial charge in [-0.25, -0.2) is 4.39 Å². The van der Waals surface area contributed by atoms with Crippen LogP contribution in [0.3, 0.4) is 0 Å². The summed E-state index contributed by atoms with van der Waals surface area (Å²) < 4.78 is 21.0. The lowest BCUT2D eigenvalue weighted by atomic mass is 9.96. The molecule has 156 valence electrons. The van der Waals surface area contributed by atoms with Gasteiger partial charge in [0, 0.05) is 20.4 Å². The van der Waals surface area contributed by atoms with E-state index in [0.717, 1.165) is 23.1 Å². The van der Waals surface area contributed by atoms with Crippen molar-refractivity contribution in [2.45, 2.75) is 19.4 Å². The fourth-order valence-corrected chi connectivity index (χ4v) is 4.00. The van der Waals surface area contributed by atoms with Crippen molar-refractivity contribution in [2.24, 2.45) is 5.92 Å². The number of amides is 1. The summed E-state index contributed by atoms with van der Waals surface area (Å²) in [6.45, 7) is 2.01. The number of halogens is 3. The highest BCUT2D eigenvalue weighted by Crippen LogP contribution is 2.24. The standard InChI is InChI=1S/C21H19Br2FN4O2/c22-15-3-1-13(2-4-15)20-26-19(30-27-20)12-28-9-7-14(8-10-28)21(29)25-18-6-5-16(23)11-17(18)24/h1-6,11,14H,7-10,12H2,(H,25,29). The number of anilines is 1. The average molecular weight is 538 g/mol. The SMILES string of the molecule is O=C(Nc1ccc(Br)cc1F)C1CCN(Cc2nc(-c3ccc(Br)cc3)no2)CC1. The molecule has 0 aliphatic carbocycles. The minimum absolute atomic E-state index is 0.147. The van der Waals surface area contributed by atoms with E-state index in [-0.39, 0.29) is 17.5 Å². The number of nitrogens with zero attached hydrogens (tertiary/aromatic N) is 3. The fourth-order valence-electron chi connectivity index (χ4n) is 3.41. The summed E-state index contributed by atoms with van der Waals surface area (Å²) in [6.07, 6.45) is 1.38. The maximum Gasteiger partial charge on any atom is 0.241 e. The van der Waals surface area contributed by atoms with Crippen molar-refractivity contribution in [2.75, 3.05) is 18.4 Å². The van der Waals surface area contributed by atoms with E-state index < -0.39 is 5.82 Å². The number of aromatic nitrogens is 2. The van der Waals surface area contributed by atoms with Crippen molar-refractivity contribution in [1.29, 1.82) is 0 Å². The predicted octanol–water partition coefficient (Wildman–Crippen LogP) is 5.25. The summed E-state index contributed by atoms with van der Waals surface area (Å²) in [6, 6.07) is 12.3. The number of likely N-dealkylation sites (tertiary alicyclic amines) is 1. The van der Waals surface area contributed by atoms with Gasteiger partial charge in [-0.1, -0.05) is 37.0 Å². The van der Waals surface area contributed by atoms with Crippen LogP contribution in [0, 0.1) is 11.7 Å². The van der Waals surface area contributed by atoms with E-state index in [1.807, 2.05) is 24.3 Å². The first-order chi connectivity index (χ1) is 14.5. The third-order valence-corrected chi connectivity index (χ3v) is 6.10. The van der Waals surface area contributed by atoms with Crippen LogP contribution in [0.2, 0.25) is 0 Å². The second-order valence-electron chi connectivity index (χ2n) is 7.18. The van der Waals surface area contributed by atoms with Crippen molar-refractivity contribution >= 4 is 43.5 Å². The van der Waals surface area contributed by atoms with E-state index in [4.69, 9.17) is 4.52 Å². The smallest absolute Gasteiger partial charge is 0.241 e. The number of benzene rings is 2. The van der Waals surface area contributed by atoms with E-state index in [0.29, 0.717) is 35.6 Å². The highest BCUT2D eigenvalue weighted by molar-refractivity contribution is 9.10. The molecule has 9 heteroatoms. The Bertz CT molecular complexity index is 1030. The van der Waals surface area contributed by atoms with E-state index in [1.165, 1.54) is 6.07 Å². The quantitative estimate of drug-likeness (QED) is 0.481. The lowest BCUT2D eigenvalue weighted by Crippen LogP contribution is -2.37. The van der Waals surface area contributed by atoms with Crippen LogP contribution >= 0.6 is 31.9 Å². The van der Waals surface area contributed by atoms with Gasteiger partial charge in [-0.05, 0) is 68.4 Å². The molecule has 4 rings (SSSR count). The van der Waals surface area contributed by atoms with Crippen LogP contribution in [0.15, 0.2) is 55.9 Å². The minimum atomic E-state index is -0.451. The van der Waals surface area contributed by atoms with E-state index in [1.54, 1.807) is 12.1 Å². The lowest BCUT2D eigenvalue weighted by molar-refractivity contribution is -0.121. The molecule has 1 amide bonds. The average Bonchev–Trinajstić information content (AvgIpc) is 3.19. The Balaban J connectivity index is 1.29. The van der Waals surface area contributed by atoms with Crippen LogP contribution in [-0.2, 0) is 11.3 Å². The van der Waals surface area contributed by atoms with E-state index in [9.17, 15) is 9.18 Å². The zero-order valence-electron chi connectivity index (χ0n) is 15.9. The molecule has 1 aliphatic rings. The molecule has 3 aromatic rings. The Hall–Kier alpha value is -2.10. The normalized spacial score (nSPS) is 15.3. The van der Waals surface area contributed by atoms with Gasteiger partial charge < -0.3 is 9.84 Å². The lowest BCUT2D eigenvalue weighted by Gasteiger charge is -2.30. The van der Waals surface area contributed by atoms with Crippen LogP contribution in [0.25, 0.3) is 11.4 Å². The topological polar surface area (TPSA) is 71.3 Å². The Kier molecular flexibility index (Phi) is 6.60. The molecule has 0 radical (unpaired) electrons. The molecule has 0 saturated carbocycles. The van der Waals surface area contributed by atoms with Crippen LogP contribution in [-0.4, -0.2) is 34.0 Å². The Morgan fingerprint density at radius 1 is 1.13 bits per heavy atom. The molecule has 0 bridgehead atoms. The van der Waals surface area contributed by atoms with Crippen molar-refractivity contribution in [3.8, 4) is 11.4 Å². The molecular weight excluding hydrogens is 519 g/mol. The van der Waals surface area contributed by atoms with Gasteiger partial charge in [-0.15, -0.1) is 0 Å². The molecule has 1 saturated heterocycles. The number of rotatable bonds is 5. The van der Waals surface area contributed by atoms with Crippen molar-refractivity contribution in [1.82, 2.24) is 15.0 Å². The molecule has 2 aromatic carbocycles. The van der Waals surface area contributed by atoms with E-state index in [2.05, 4.69) is 52.2 Å². The Morgan fingerprint density at radius 2 is 1.83 bits per heavy atom. The first kappa shape index (κ1) is 21.1. The van der Waals surface area contributed by atoms with Gasteiger partial charge in [0.25, 0.3) is 0 Å². The van der Waals surface area contributed by atoms with Gasteiger partial charge in [0.15, 0.2) is 0 Å². The maximum absolute atomic E-state index is 13.9. The van der Waals surface area contributed by atoms with Gasteiger partial charge in [0.05, 0.1) is 12.2 Å². The van der Waals surface area contributed by atoms with Crippen molar-refractivity contribution in [3.63, 3.8) is 0 Å². The Morgan fingerprint density at radius 3 is 2.53 bits per heavy atom. The van der Waals surface area contributed by atoms with Gasteiger partial charge in [-0.2, -0.15) is 4.98 Å². The van der Waals surface area contributed by atoms with Gasteiger partial charge in [0.2, 0.25) is 17.6 Å². The first-order valence-corrected chi connectivity index (χ1v) is 11.1. The van der Waals surface area contributed by atoms with Crippen LogP contribution in [0.1, 0.15) is 18.7 Å².